The lowest BCUT2D eigenvalue weighted by Crippen LogP contribution is -2.49. The summed E-state index contributed by atoms with van der Waals surface area (Å²) in [7, 11) is 0. The van der Waals surface area contributed by atoms with E-state index in [2.05, 4.69) is 15.6 Å². The second-order valence-electron chi connectivity index (χ2n) is 8.37. The van der Waals surface area contributed by atoms with Crippen molar-refractivity contribution in [1.29, 1.82) is 0 Å². The Kier molecular flexibility index (Phi) is 7.42. The summed E-state index contributed by atoms with van der Waals surface area (Å²) < 4.78 is 19.7. The topological polar surface area (TPSA) is 121 Å². The maximum atomic E-state index is 14.4. The zero-order valence-corrected chi connectivity index (χ0v) is 18.2. The molecule has 4 N–H and O–H groups in total. The van der Waals surface area contributed by atoms with Crippen LogP contribution < -0.4 is 10.6 Å². The summed E-state index contributed by atoms with van der Waals surface area (Å²) in [6, 6.07) is 5.31. The first kappa shape index (κ1) is 23.6. The average molecular weight is 445 g/mol. The molecular weight excluding hydrogens is 417 g/mol. The van der Waals surface area contributed by atoms with Crippen LogP contribution in [0.5, 0.6) is 5.75 Å². The Morgan fingerprint density at radius 1 is 1.28 bits per heavy atom. The summed E-state index contributed by atoms with van der Waals surface area (Å²) in [6.07, 6.45) is 2.50. The Morgan fingerprint density at radius 2 is 2.00 bits per heavy atom. The number of nitrogens with one attached hydrogen (secondary N) is 2. The number of aromatic nitrogens is 1. The Morgan fingerprint density at radius 3 is 2.69 bits per heavy atom. The average Bonchev–Trinajstić information content (AvgIpc) is 2.75. The van der Waals surface area contributed by atoms with Gasteiger partial charge >= 0.3 is 0 Å². The molecule has 32 heavy (non-hydrogen) atoms. The van der Waals surface area contributed by atoms with Crippen molar-refractivity contribution < 1.29 is 28.9 Å². The van der Waals surface area contributed by atoms with Crippen LogP contribution in [0.3, 0.4) is 0 Å². The van der Waals surface area contributed by atoms with E-state index < -0.39 is 17.6 Å². The molecule has 9 heteroatoms. The minimum Gasteiger partial charge on any atom is -0.508 e. The largest absolute Gasteiger partial charge is 0.508 e. The number of phenolic OH excluding ortho intramolecular Hbond substituents is 1. The van der Waals surface area contributed by atoms with Gasteiger partial charge in [0, 0.05) is 54.3 Å². The SMILES string of the molecule is CC(CO)c1cc(F)c(CC(=O)Nc2ccnc(C(=O)NC3(C)CCOCC3)c2)cc1O. The Hall–Kier alpha value is -3.04. The number of aliphatic hydroxyl groups is 1. The number of aliphatic hydroxyl groups excluding tert-OH is 1. The molecule has 0 bridgehead atoms. The molecule has 8 nitrogen and oxygen atoms in total. The van der Waals surface area contributed by atoms with E-state index in [1.54, 1.807) is 6.92 Å². The van der Waals surface area contributed by atoms with Gasteiger partial charge in [0.2, 0.25) is 5.91 Å². The van der Waals surface area contributed by atoms with Crippen LogP contribution in [0.1, 0.15) is 54.2 Å². The first-order valence-electron chi connectivity index (χ1n) is 10.5. The molecule has 1 atom stereocenters. The summed E-state index contributed by atoms with van der Waals surface area (Å²) in [6.45, 7) is 4.52. The maximum Gasteiger partial charge on any atom is 0.270 e. The second-order valence-corrected chi connectivity index (χ2v) is 8.37. The monoisotopic (exact) mass is 445 g/mol. The molecule has 0 saturated carbocycles. The van der Waals surface area contributed by atoms with E-state index in [-0.39, 0.29) is 47.0 Å². The highest BCUT2D eigenvalue weighted by molar-refractivity contribution is 5.96. The number of nitrogens with zero attached hydrogens (tertiary/aromatic N) is 1. The first-order chi connectivity index (χ1) is 15.2. The summed E-state index contributed by atoms with van der Waals surface area (Å²) >= 11 is 0. The van der Waals surface area contributed by atoms with Gasteiger partial charge in [0.15, 0.2) is 0 Å². The van der Waals surface area contributed by atoms with Crippen LogP contribution in [0.15, 0.2) is 30.5 Å². The molecule has 3 rings (SSSR count). The van der Waals surface area contributed by atoms with Crippen LogP contribution in [-0.4, -0.2) is 52.4 Å². The van der Waals surface area contributed by atoms with Gasteiger partial charge < -0.3 is 25.6 Å². The second kappa shape index (κ2) is 10.1. The van der Waals surface area contributed by atoms with Crippen molar-refractivity contribution in [3.05, 3.63) is 53.1 Å². The minimum absolute atomic E-state index is 0.0216. The number of ether oxygens (including phenoxy) is 1. The number of aromatic hydroxyl groups is 1. The molecule has 0 spiro atoms. The predicted octanol–water partition coefficient (Wildman–Crippen LogP) is 2.50. The van der Waals surface area contributed by atoms with Crippen LogP contribution in [-0.2, 0) is 16.0 Å². The molecule has 1 aliphatic heterocycles. The van der Waals surface area contributed by atoms with Gasteiger partial charge in [-0.05, 0) is 44.0 Å². The number of rotatable bonds is 7. The molecule has 1 fully saturated rings. The van der Waals surface area contributed by atoms with Gasteiger partial charge in [-0.3, -0.25) is 14.6 Å². The quantitative estimate of drug-likeness (QED) is 0.520. The van der Waals surface area contributed by atoms with Crippen molar-refractivity contribution in [2.45, 2.75) is 44.6 Å². The lowest BCUT2D eigenvalue weighted by Gasteiger charge is -2.34. The number of halogens is 1. The highest BCUT2D eigenvalue weighted by Gasteiger charge is 2.29. The van der Waals surface area contributed by atoms with Gasteiger partial charge in [0.1, 0.15) is 17.3 Å². The number of benzene rings is 1. The van der Waals surface area contributed by atoms with Crippen molar-refractivity contribution >= 4 is 17.5 Å². The predicted molar refractivity (Wildman–Crippen MR) is 116 cm³/mol. The molecule has 2 aromatic rings. The summed E-state index contributed by atoms with van der Waals surface area (Å²) in [5.41, 5.74) is 0.421. The van der Waals surface area contributed by atoms with Gasteiger partial charge in [-0.1, -0.05) is 6.92 Å². The Labute approximate surface area is 185 Å². The third-order valence-electron chi connectivity index (χ3n) is 5.64. The lowest BCUT2D eigenvalue weighted by atomic mass is 9.92. The normalized spacial score (nSPS) is 16.2. The molecule has 2 heterocycles. The number of amides is 2. The minimum atomic E-state index is -0.646. The Balaban J connectivity index is 1.66. The van der Waals surface area contributed by atoms with E-state index >= 15 is 0 Å². The molecule has 2 amide bonds. The van der Waals surface area contributed by atoms with Crippen molar-refractivity contribution in [3.63, 3.8) is 0 Å². The highest BCUT2D eigenvalue weighted by Crippen LogP contribution is 2.29. The van der Waals surface area contributed by atoms with Crippen LogP contribution >= 0.6 is 0 Å². The molecule has 0 aliphatic carbocycles. The van der Waals surface area contributed by atoms with Crippen LogP contribution in [0.25, 0.3) is 0 Å². The fraction of sp³-hybridized carbons (Fsp3) is 0.435. The third-order valence-corrected chi connectivity index (χ3v) is 5.64. The zero-order chi connectivity index (χ0) is 23.3. The molecule has 0 radical (unpaired) electrons. The van der Waals surface area contributed by atoms with Gasteiger partial charge in [-0.25, -0.2) is 4.39 Å². The number of carbonyl (C=O) groups is 2. The van der Waals surface area contributed by atoms with E-state index in [0.29, 0.717) is 31.7 Å². The van der Waals surface area contributed by atoms with E-state index in [1.807, 2.05) is 6.92 Å². The maximum absolute atomic E-state index is 14.4. The van der Waals surface area contributed by atoms with Crippen molar-refractivity contribution in [3.8, 4) is 5.75 Å². The zero-order valence-electron chi connectivity index (χ0n) is 18.2. The van der Waals surface area contributed by atoms with Gasteiger partial charge in [0.25, 0.3) is 5.91 Å². The third kappa shape index (κ3) is 5.80. The van der Waals surface area contributed by atoms with Gasteiger partial charge in [0.05, 0.1) is 6.42 Å². The smallest absolute Gasteiger partial charge is 0.270 e. The van der Waals surface area contributed by atoms with Crippen molar-refractivity contribution in [1.82, 2.24) is 10.3 Å². The van der Waals surface area contributed by atoms with E-state index in [9.17, 15) is 24.2 Å². The molecule has 1 unspecified atom stereocenters. The molecule has 1 aromatic carbocycles. The van der Waals surface area contributed by atoms with Gasteiger partial charge in [-0.15, -0.1) is 0 Å². The molecule has 1 aliphatic rings. The van der Waals surface area contributed by atoms with Gasteiger partial charge in [-0.2, -0.15) is 0 Å². The fourth-order valence-corrected chi connectivity index (χ4v) is 3.54. The van der Waals surface area contributed by atoms with Crippen LogP contribution in [0, 0.1) is 5.82 Å². The van der Waals surface area contributed by atoms with Crippen molar-refractivity contribution in [2.24, 2.45) is 0 Å². The molecule has 1 aromatic heterocycles. The number of anilines is 1. The van der Waals surface area contributed by atoms with Crippen LogP contribution in [0.4, 0.5) is 10.1 Å². The fourth-order valence-electron chi connectivity index (χ4n) is 3.54. The number of carbonyl (C=O) groups excluding carboxylic acids is 2. The highest BCUT2D eigenvalue weighted by atomic mass is 19.1. The van der Waals surface area contributed by atoms with Crippen LogP contribution in [0.2, 0.25) is 0 Å². The molecule has 172 valence electrons. The summed E-state index contributed by atoms with van der Waals surface area (Å²) in [4.78, 5) is 29.1. The van der Waals surface area contributed by atoms with Crippen molar-refractivity contribution in [2.75, 3.05) is 25.1 Å². The Bertz CT molecular complexity index is 992. The lowest BCUT2D eigenvalue weighted by molar-refractivity contribution is -0.115. The standard InChI is InChI=1S/C23H28FN3O5/c1-14(13-28)17-12-18(24)15(9-20(17)29)10-21(30)26-16-3-6-25-19(11-16)22(31)27-23(2)4-7-32-8-5-23/h3,6,9,11-12,14,28-29H,4-5,7-8,10,13H2,1-2H3,(H,27,31)(H,25,26,30). The number of phenols is 1. The molecular formula is C23H28FN3O5. The first-order valence-corrected chi connectivity index (χ1v) is 10.5. The summed E-state index contributed by atoms with van der Waals surface area (Å²) in [5.74, 6) is -2.12. The molecule has 1 saturated heterocycles. The van der Waals surface area contributed by atoms with E-state index in [0.717, 1.165) is 6.07 Å². The number of hydrogen-bond acceptors (Lipinski definition) is 6. The van der Waals surface area contributed by atoms with E-state index in [1.165, 1.54) is 24.4 Å². The number of pyridine rings is 1. The summed E-state index contributed by atoms with van der Waals surface area (Å²) in [5, 5.41) is 24.9. The van der Waals surface area contributed by atoms with E-state index in [4.69, 9.17) is 4.74 Å². The number of hydrogen-bond donors (Lipinski definition) is 4.